The lowest BCUT2D eigenvalue weighted by atomic mass is 9.99. The molecule has 1 N–H and O–H groups in total. The van der Waals surface area contributed by atoms with Gasteiger partial charge in [-0.1, -0.05) is 48.0 Å². The summed E-state index contributed by atoms with van der Waals surface area (Å²) in [6, 6.07) is 24.0. The highest BCUT2D eigenvalue weighted by molar-refractivity contribution is 6.21. The summed E-state index contributed by atoms with van der Waals surface area (Å²) in [7, 11) is 0. The Hall–Kier alpha value is -4.71. The first-order valence-corrected chi connectivity index (χ1v) is 12.7. The van der Waals surface area contributed by atoms with Crippen LogP contribution in [0.25, 0.3) is 22.2 Å². The molecule has 0 aliphatic carbocycles. The largest absolute Gasteiger partial charge is 0.327 e. The molecular formula is C32H28N4O2. The molecule has 1 aromatic heterocycles. The predicted molar refractivity (Wildman–Crippen MR) is 152 cm³/mol. The minimum absolute atomic E-state index is 0.218. The number of rotatable bonds is 4. The van der Waals surface area contributed by atoms with Crippen LogP contribution >= 0.6 is 0 Å². The van der Waals surface area contributed by atoms with Crippen LogP contribution in [0.5, 0.6) is 0 Å². The molecule has 4 aromatic carbocycles. The van der Waals surface area contributed by atoms with Crippen LogP contribution in [-0.4, -0.2) is 21.4 Å². The molecule has 5 aromatic rings. The molecule has 188 valence electrons. The molecular weight excluding hydrogens is 472 g/mol. The molecule has 0 fully saturated rings. The van der Waals surface area contributed by atoms with Crippen molar-refractivity contribution in [2.75, 3.05) is 10.2 Å². The summed E-state index contributed by atoms with van der Waals surface area (Å²) in [5, 5.41) is 4.86. The first kappa shape index (κ1) is 23.7. The number of aryl methyl sites for hydroxylation is 3. The fourth-order valence-corrected chi connectivity index (χ4v) is 5.48. The third-order valence-electron chi connectivity index (χ3n) is 7.24. The van der Waals surface area contributed by atoms with E-state index >= 15 is 0 Å². The first-order chi connectivity index (χ1) is 18.4. The minimum atomic E-state index is -0.310. The van der Waals surface area contributed by atoms with Gasteiger partial charge in [0.15, 0.2) is 0 Å². The zero-order valence-electron chi connectivity index (χ0n) is 21.7. The van der Waals surface area contributed by atoms with E-state index in [4.69, 9.17) is 0 Å². The maximum Gasteiger partial charge on any atom is 0.241 e. The van der Waals surface area contributed by atoms with E-state index < -0.39 is 0 Å². The van der Waals surface area contributed by atoms with Crippen LogP contribution in [0.1, 0.15) is 28.7 Å². The van der Waals surface area contributed by atoms with Crippen molar-refractivity contribution >= 4 is 39.6 Å². The Bertz CT molecular complexity index is 1690. The number of hydrogen-bond donors (Lipinski definition) is 1. The number of amides is 2. The fraction of sp³-hybridized carbons (Fsp3) is 0.156. The summed E-state index contributed by atoms with van der Waals surface area (Å²) in [6.07, 6.45) is 3.60. The number of imidazole rings is 1. The van der Waals surface area contributed by atoms with Gasteiger partial charge in [-0.3, -0.25) is 14.5 Å². The standard InChI is InChI=1S/C32H28N4O2/c1-20-16-21(2)27(22(3)17-20)19-35-15-14-33-32(35)24-8-11-25(12-9-24)36-28-13-10-23-6-4-5-7-26(23)31(28)34-29(37)18-30(36)38/h4-17H,18-19H2,1-3H3,(H,34,37). The van der Waals surface area contributed by atoms with Crippen LogP contribution in [0, 0.1) is 20.8 Å². The maximum atomic E-state index is 13.2. The van der Waals surface area contributed by atoms with E-state index in [9.17, 15) is 9.59 Å². The third kappa shape index (κ3) is 4.14. The Morgan fingerprint density at radius 1 is 0.895 bits per heavy atom. The van der Waals surface area contributed by atoms with Crippen LogP contribution in [-0.2, 0) is 16.1 Å². The molecule has 0 unspecified atom stereocenters. The van der Waals surface area contributed by atoms with Crippen molar-refractivity contribution in [2.24, 2.45) is 0 Å². The smallest absolute Gasteiger partial charge is 0.241 e. The highest BCUT2D eigenvalue weighted by Gasteiger charge is 2.28. The van der Waals surface area contributed by atoms with Crippen molar-refractivity contribution in [1.82, 2.24) is 9.55 Å². The molecule has 0 atom stereocenters. The van der Waals surface area contributed by atoms with Gasteiger partial charge in [-0.15, -0.1) is 0 Å². The normalized spacial score (nSPS) is 13.4. The van der Waals surface area contributed by atoms with Gasteiger partial charge in [0.25, 0.3) is 0 Å². The SMILES string of the molecule is Cc1cc(C)c(Cn2ccnc2-c2ccc(N3C(=O)CC(=O)Nc4c3ccc3ccccc43)cc2)c(C)c1. The van der Waals surface area contributed by atoms with Gasteiger partial charge in [-0.25, -0.2) is 4.98 Å². The van der Waals surface area contributed by atoms with Crippen LogP contribution in [0.4, 0.5) is 17.1 Å². The quantitative estimate of drug-likeness (QED) is 0.280. The molecule has 0 saturated heterocycles. The van der Waals surface area contributed by atoms with E-state index in [2.05, 4.69) is 47.8 Å². The molecule has 0 spiro atoms. The van der Waals surface area contributed by atoms with E-state index in [1.807, 2.05) is 73.1 Å². The van der Waals surface area contributed by atoms with Gasteiger partial charge in [0.2, 0.25) is 11.8 Å². The van der Waals surface area contributed by atoms with E-state index in [-0.39, 0.29) is 18.2 Å². The molecule has 0 bridgehead atoms. The number of aromatic nitrogens is 2. The first-order valence-electron chi connectivity index (χ1n) is 12.7. The summed E-state index contributed by atoms with van der Waals surface area (Å²) < 4.78 is 2.15. The van der Waals surface area contributed by atoms with Crippen molar-refractivity contribution < 1.29 is 9.59 Å². The second kappa shape index (κ2) is 9.30. The van der Waals surface area contributed by atoms with Crippen molar-refractivity contribution in [3.8, 4) is 11.4 Å². The minimum Gasteiger partial charge on any atom is -0.327 e. The van der Waals surface area contributed by atoms with E-state index in [0.717, 1.165) is 28.7 Å². The Balaban J connectivity index is 1.37. The summed E-state index contributed by atoms with van der Waals surface area (Å²) >= 11 is 0. The molecule has 1 aliphatic heterocycles. The lowest BCUT2D eigenvalue weighted by molar-refractivity contribution is -0.124. The summed E-state index contributed by atoms with van der Waals surface area (Å²) in [5.41, 5.74) is 8.08. The molecule has 0 radical (unpaired) electrons. The second-order valence-corrected chi connectivity index (χ2v) is 9.94. The van der Waals surface area contributed by atoms with E-state index in [1.165, 1.54) is 22.3 Å². The predicted octanol–water partition coefficient (Wildman–Crippen LogP) is 6.68. The Morgan fingerprint density at radius 3 is 2.39 bits per heavy atom. The Labute approximate surface area is 221 Å². The maximum absolute atomic E-state index is 13.2. The van der Waals surface area contributed by atoms with Crippen LogP contribution < -0.4 is 10.2 Å². The van der Waals surface area contributed by atoms with Gasteiger partial charge in [0.05, 0.1) is 11.4 Å². The molecule has 0 saturated carbocycles. The van der Waals surface area contributed by atoms with Crippen molar-refractivity contribution in [1.29, 1.82) is 0 Å². The van der Waals surface area contributed by atoms with Crippen LogP contribution in [0.15, 0.2) is 85.2 Å². The Kier molecular flexibility index (Phi) is 5.80. The topological polar surface area (TPSA) is 67.2 Å². The highest BCUT2D eigenvalue weighted by Crippen LogP contribution is 2.40. The highest BCUT2D eigenvalue weighted by atomic mass is 16.2. The molecule has 2 amide bonds. The zero-order valence-corrected chi connectivity index (χ0v) is 21.7. The van der Waals surface area contributed by atoms with Gasteiger partial charge in [-0.2, -0.15) is 0 Å². The number of benzene rings is 4. The zero-order chi connectivity index (χ0) is 26.4. The number of fused-ring (bicyclic) bond motifs is 3. The average molecular weight is 501 g/mol. The molecule has 6 heteroatoms. The number of nitrogens with zero attached hydrogens (tertiary/aromatic N) is 3. The molecule has 6 rings (SSSR count). The lowest BCUT2D eigenvalue weighted by Gasteiger charge is -2.23. The number of hydrogen-bond acceptors (Lipinski definition) is 3. The van der Waals surface area contributed by atoms with Gasteiger partial charge < -0.3 is 9.88 Å². The Morgan fingerprint density at radius 2 is 1.63 bits per heavy atom. The van der Waals surface area contributed by atoms with Crippen LogP contribution in [0.3, 0.4) is 0 Å². The van der Waals surface area contributed by atoms with Gasteiger partial charge in [0, 0.05) is 35.6 Å². The molecule has 2 heterocycles. The summed E-state index contributed by atoms with van der Waals surface area (Å²) in [4.78, 5) is 32.1. The van der Waals surface area contributed by atoms with Crippen molar-refractivity contribution in [3.05, 3.63) is 107 Å². The fourth-order valence-electron chi connectivity index (χ4n) is 5.48. The summed E-state index contributed by atoms with van der Waals surface area (Å²) in [6.45, 7) is 7.16. The van der Waals surface area contributed by atoms with Gasteiger partial charge >= 0.3 is 0 Å². The number of nitrogens with one attached hydrogen (secondary N) is 1. The van der Waals surface area contributed by atoms with Crippen LogP contribution in [0.2, 0.25) is 0 Å². The molecule has 38 heavy (non-hydrogen) atoms. The number of carbonyl (C=O) groups is 2. The van der Waals surface area contributed by atoms with Gasteiger partial charge in [0.1, 0.15) is 12.2 Å². The van der Waals surface area contributed by atoms with E-state index in [0.29, 0.717) is 17.1 Å². The lowest BCUT2D eigenvalue weighted by Crippen LogP contribution is -2.26. The van der Waals surface area contributed by atoms with Crippen molar-refractivity contribution in [2.45, 2.75) is 33.7 Å². The van der Waals surface area contributed by atoms with E-state index in [1.54, 1.807) is 4.90 Å². The number of anilines is 3. The number of carbonyl (C=O) groups excluding carboxylic acids is 2. The monoisotopic (exact) mass is 500 g/mol. The second-order valence-electron chi connectivity index (χ2n) is 9.94. The molecule has 6 nitrogen and oxygen atoms in total. The molecule has 1 aliphatic rings. The average Bonchev–Trinajstić information content (AvgIpc) is 3.31. The van der Waals surface area contributed by atoms with Gasteiger partial charge in [-0.05, 0) is 73.2 Å². The van der Waals surface area contributed by atoms with Crippen molar-refractivity contribution in [3.63, 3.8) is 0 Å². The summed E-state index contributed by atoms with van der Waals surface area (Å²) in [5.74, 6) is 0.285. The third-order valence-corrected chi connectivity index (χ3v) is 7.24.